The van der Waals surface area contributed by atoms with E-state index in [1.807, 2.05) is 4.90 Å². The van der Waals surface area contributed by atoms with Gasteiger partial charge in [-0.25, -0.2) is 14.8 Å². The van der Waals surface area contributed by atoms with E-state index in [0.717, 1.165) is 0 Å². The standard InChI is InChI=1S/C17H18N4O3/c22-15(12-13-4-1-2-5-14(13)16(23)24)20-8-10-21(11-9-20)17-18-6-3-7-19-17/h1-7H,8-12H2,(H,23,24). The summed E-state index contributed by atoms with van der Waals surface area (Å²) in [6.07, 6.45) is 3.50. The number of hydrogen-bond acceptors (Lipinski definition) is 5. The van der Waals surface area contributed by atoms with Gasteiger partial charge in [0.15, 0.2) is 0 Å². The lowest BCUT2D eigenvalue weighted by molar-refractivity contribution is -0.130. The summed E-state index contributed by atoms with van der Waals surface area (Å²) in [4.78, 5) is 35.9. The Kier molecular flexibility index (Phi) is 4.69. The Bertz CT molecular complexity index is 728. The molecule has 1 aliphatic rings. The lowest BCUT2D eigenvalue weighted by Crippen LogP contribution is -2.49. The molecule has 0 atom stereocenters. The van der Waals surface area contributed by atoms with Gasteiger partial charge in [-0.05, 0) is 17.7 Å². The van der Waals surface area contributed by atoms with Crippen LogP contribution in [-0.4, -0.2) is 58.0 Å². The topological polar surface area (TPSA) is 86.6 Å². The highest BCUT2D eigenvalue weighted by Gasteiger charge is 2.23. The van der Waals surface area contributed by atoms with Gasteiger partial charge in [0, 0.05) is 38.6 Å². The molecule has 1 N–H and O–H groups in total. The Morgan fingerprint density at radius 3 is 2.33 bits per heavy atom. The number of carboxylic acids is 1. The van der Waals surface area contributed by atoms with E-state index in [1.165, 1.54) is 6.07 Å². The van der Waals surface area contributed by atoms with Crippen LogP contribution in [0, 0.1) is 0 Å². The number of aromatic carboxylic acids is 1. The van der Waals surface area contributed by atoms with Crippen LogP contribution in [0.15, 0.2) is 42.7 Å². The molecular formula is C17H18N4O3. The monoisotopic (exact) mass is 326 g/mol. The number of piperazine rings is 1. The van der Waals surface area contributed by atoms with E-state index in [-0.39, 0.29) is 17.9 Å². The zero-order chi connectivity index (χ0) is 16.9. The average molecular weight is 326 g/mol. The highest BCUT2D eigenvalue weighted by Crippen LogP contribution is 2.14. The third-order valence-electron chi connectivity index (χ3n) is 4.06. The number of carbonyl (C=O) groups is 2. The first-order valence-corrected chi connectivity index (χ1v) is 7.76. The van der Waals surface area contributed by atoms with Gasteiger partial charge in [-0.2, -0.15) is 0 Å². The lowest BCUT2D eigenvalue weighted by atomic mass is 10.0. The van der Waals surface area contributed by atoms with Crippen LogP contribution in [0.25, 0.3) is 0 Å². The fourth-order valence-corrected chi connectivity index (χ4v) is 2.77. The first-order chi connectivity index (χ1) is 11.6. The second-order valence-corrected chi connectivity index (χ2v) is 5.56. The van der Waals surface area contributed by atoms with Crippen LogP contribution in [0.4, 0.5) is 5.95 Å². The summed E-state index contributed by atoms with van der Waals surface area (Å²) >= 11 is 0. The van der Waals surface area contributed by atoms with Crippen molar-refractivity contribution >= 4 is 17.8 Å². The van der Waals surface area contributed by atoms with Gasteiger partial charge >= 0.3 is 5.97 Å². The van der Waals surface area contributed by atoms with Crippen LogP contribution < -0.4 is 4.90 Å². The molecule has 0 spiro atoms. The van der Waals surface area contributed by atoms with Gasteiger partial charge in [-0.15, -0.1) is 0 Å². The molecule has 1 amide bonds. The van der Waals surface area contributed by atoms with Crippen LogP contribution in [0.5, 0.6) is 0 Å². The Hall–Kier alpha value is -2.96. The van der Waals surface area contributed by atoms with E-state index in [0.29, 0.717) is 37.7 Å². The summed E-state index contributed by atoms with van der Waals surface area (Å²) in [5, 5.41) is 9.20. The minimum atomic E-state index is -1.01. The number of benzene rings is 1. The molecule has 1 aliphatic heterocycles. The highest BCUT2D eigenvalue weighted by molar-refractivity contribution is 5.91. The third-order valence-corrected chi connectivity index (χ3v) is 4.06. The Morgan fingerprint density at radius 1 is 1.00 bits per heavy atom. The summed E-state index contributed by atoms with van der Waals surface area (Å²) < 4.78 is 0. The molecule has 7 nitrogen and oxygen atoms in total. The zero-order valence-electron chi connectivity index (χ0n) is 13.1. The number of carbonyl (C=O) groups excluding carboxylic acids is 1. The van der Waals surface area contributed by atoms with Gasteiger partial charge in [-0.1, -0.05) is 18.2 Å². The van der Waals surface area contributed by atoms with Crippen molar-refractivity contribution in [2.24, 2.45) is 0 Å². The van der Waals surface area contributed by atoms with Crippen LogP contribution in [-0.2, 0) is 11.2 Å². The van der Waals surface area contributed by atoms with Crippen LogP contribution in [0.1, 0.15) is 15.9 Å². The number of aromatic nitrogens is 2. The van der Waals surface area contributed by atoms with Gasteiger partial charge in [0.25, 0.3) is 0 Å². The largest absolute Gasteiger partial charge is 0.478 e. The fraction of sp³-hybridized carbons (Fsp3) is 0.294. The molecule has 1 aromatic carbocycles. The molecule has 124 valence electrons. The first kappa shape index (κ1) is 15.9. The summed E-state index contributed by atoms with van der Waals surface area (Å²) in [5.41, 5.74) is 0.728. The molecule has 24 heavy (non-hydrogen) atoms. The van der Waals surface area contributed by atoms with E-state index >= 15 is 0 Å². The number of anilines is 1. The summed E-state index contributed by atoms with van der Waals surface area (Å²) in [6, 6.07) is 8.39. The molecule has 0 saturated carbocycles. The van der Waals surface area contributed by atoms with Crippen molar-refractivity contribution in [1.29, 1.82) is 0 Å². The number of hydrogen-bond donors (Lipinski definition) is 1. The van der Waals surface area contributed by atoms with Gasteiger partial charge in [0.2, 0.25) is 11.9 Å². The van der Waals surface area contributed by atoms with Crippen LogP contribution in [0.2, 0.25) is 0 Å². The first-order valence-electron chi connectivity index (χ1n) is 7.76. The number of nitrogens with zero attached hydrogens (tertiary/aromatic N) is 4. The smallest absolute Gasteiger partial charge is 0.335 e. The van der Waals surface area contributed by atoms with Crippen LogP contribution >= 0.6 is 0 Å². The van der Waals surface area contributed by atoms with Crippen molar-refractivity contribution in [1.82, 2.24) is 14.9 Å². The van der Waals surface area contributed by atoms with Crippen molar-refractivity contribution in [3.05, 3.63) is 53.9 Å². The number of amides is 1. The maximum Gasteiger partial charge on any atom is 0.335 e. The molecule has 0 unspecified atom stereocenters. The molecule has 0 radical (unpaired) electrons. The van der Waals surface area contributed by atoms with Gasteiger partial charge in [-0.3, -0.25) is 4.79 Å². The molecule has 1 fully saturated rings. The predicted molar refractivity (Wildman–Crippen MR) is 87.9 cm³/mol. The zero-order valence-corrected chi connectivity index (χ0v) is 13.1. The molecule has 3 rings (SSSR count). The average Bonchev–Trinajstić information content (AvgIpc) is 2.63. The summed E-state index contributed by atoms with van der Waals surface area (Å²) in [7, 11) is 0. The maximum absolute atomic E-state index is 12.5. The molecule has 1 aromatic heterocycles. The molecule has 7 heteroatoms. The number of carboxylic acid groups (broad SMARTS) is 1. The SMILES string of the molecule is O=C(O)c1ccccc1CC(=O)N1CCN(c2ncccn2)CC1. The molecule has 0 aliphatic carbocycles. The Balaban J connectivity index is 1.61. The molecular weight excluding hydrogens is 308 g/mol. The van der Waals surface area contributed by atoms with E-state index < -0.39 is 5.97 Å². The predicted octanol–water partition coefficient (Wildman–Crippen LogP) is 1.07. The van der Waals surface area contributed by atoms with Crippen molar-refractivity contribution in [2.45, 2.75) is 6.42 Å². The molecule has 0 bridgehead atoms. The second-order valence-electron chi connectivity index (χ2n) is 5.56. The van der Waals surface area contributed by atoms with E-state index in [2.05, 4.69) is 9.97 Å². The normalized spacial score (nSPS) is 14.5. The highest BCUT2D eigenvalue weighted by atomic mass is 16.4. The third kappa shape index (κ3) is 3.51. The van der Waals surface area contributed by atoms with Crippen molar-refractivity contribution in [2.75, 3.05) is 31.1 Å². The van der Waals surface area contributed by atoms with Crippen molar-refractivity contribution < 1.29 is 14.7 Å². The van der Waals surface area contributed by atoms with Crippen molar-refractivity contribution in [3.8, 4) is 0 Å². The summed E-state index contributed by atoms with van der Waals surface area (Å²) in [5.74, 6) is -0.400. The van der Waals surface area contributed by atoms with E-state index in [9.17, 15) is 14.7 Å². The van der Waals surface area contributed by atoms with Gasteiger partial charge < -0.3 is 14.9 Å². The minimum Gasteiger partial charge on any atom is -0.478 e. The van der Waals surface area contributed by atoms with E-state index in [1.54, 1.807) is 41.6 Å². The Morgan fingerprint density at radius 2 is 1.67 bits per heavy atom. The minimum absolute atomic E-state index is 0.0580. The maximum atomic E-state index is 12.5. The lowest BCUT2D eigenvalue weighted by Gasteiger charge is -2.34. The van der Waals surface area contributed by atoms with Crippen molar-refractivity contribution in [3.63, 3.8) is 0 Å². The second kappa shape index (κ2) is 7.08. The van der Waals surface area contributed by atoms with E-state index in [4.69, 9.17) is 0 Å². The van der Waals surface area contributed by atoms with Gasteiger partial charge in [0.1, 0.15) is 0 Å². The van der Waals surface area contributed by atoms with Crippen LogP contribution in [0.3, 0.4) is 0 Å². The molecule has 2 heterocycles. The Labute approximate surface area is 139 Å². The fourth-order valence-electron chi connectivity index (χ4n) is 2.77. The molecule has 2 aromatic rings. The molecule has 1 saturated heterocycles. The summed E-state index contributed by atoms with van der Waals surface area (Å²) in [6.45, 7) is 2.48. The number of rotatable bonds is 4. The quantitative estimate of drug-likeness (QED) is 0.904. The van der Waals surface area contributed by atoms with Gasteiger partial charge in [0.05, 0.1) is 12.0 Å².